The SMILES string of the molecule is CCC(=O)N1CCc2cc(-c3ccc(C(=O)CC(C)c4cccnc4)cc3)ccc21. The number of hydrogen-bond acceptors (Lipinski definition) is 3. The van der Waals surface area contributed by atoms with Crippen LogP contribution in [0.15, 0.2) is 67.0 Å². The van der Waals surface area contributed by atoms with Gasteiger partial charge in [-0.25, -0.2) is 0 Å². The standard InChI is InChI=1S/C26H26N2O2/c1-3-26(30)28-14-12-22-16-21(10-11-24(22)28)19-6-8-20(9-7-19)25(29)15-18(2)23-5-4-13-27-17-23/h4-11,13,16-18H,3,12,14-15H2,1-2H3. The van der Waals surface area contributed by atoms with E-state index in [1.54, 1.807) is 6.20 Å². The van der Waals surface area contributed by atoms with Crippen molar-refractivity contribution in [3.05, 3.63) is 83.7 Å². The van der Waals surface area contributed by atoms with Crippen molar-refractivity contribution in [1.82, 2.24) is 4.98 Å². The van der Waals surface area contributed by atoms with Crippen LogP contribution in [0.3, 0.4) is 0 Å². The molecule has 1 aliphatic rings. The van der Waals surface area contributed by atoms with E-state index in [2.05, 4.69) is 24.0 Å². The summed E-state index contributed by atoms with van der Waals surface area (Å²) in [6.07, 6.45) is 5.44. The molecule has 2 aromatic carbocycles. The molecule has 0 fully saturated rings. The van der Waals surface area contributed by atoms with Gasteiger partial charge in [0.1, 0.15) is 0 Å². The predicted octanol–water partition coefficient (Wildman–Crippen LogP) is 5.42. The summed E-state index contributed by atoms with van der Waals surface area (Å²) < 4.78 is 0. The fraction of sp³-hybridized carbons (Fsp3) is 0.269. The Kier molecular flexibility index (Phi) is 5.75. The number of rotatable bonds is 6. The van der Waals surface area contributed by atoms with E-state index in [4.69, 9.17) is 0 Å². The van der Waals surface area contributed by atoms with Crippen LogP contribution < -0.4 is 4.90 Å². The largest absolute Gasteiger partial charge is 0.312 e. The Labute approximate surface area is 177 Å². The Hall–Kier alpha value is -3.27. The number of aromatic nitrogens is 1. The molecule has 4 rings (SSSR count). The minimum atomic E-state index is 0.136. The Balaban J connectivity index is 1.47. The van der Waals surface area contributed by atoms with E-state index in [9.17, 15) is 9.59 Å². The highest BCUT2D eigenvalue weighted by atomic mass is 16.2. The van der Waals surface area contributed by atoms with Crippen molar-refractivity contribution < 1.29 is 9.59 Å². The molecule has 0 N–H and O–H groups in total. The molecule has 0 radical (unpaired) electrons. The topological polar surface area (TPSA) is 50.3 Å². The lowest BCUT2D eigenvalue weighted by atomic mass is 9.93. The summed E-state index contributed by atoms with van der Waals surface area (Å²) in [7, 11) is 0. The van der Waals surface area contributed by atoms with E-state index < -0.39 is 0 Å². The van der Waals surface area contributed by atoms with Crippen LogP contribution in [0.2, 0.25) is 0 Å². The first kappa shape index (κ1) is 20.0. The van der Waals surface area contributed by atoms with Gasteiger partial charge in [0.25, 0.3) is 0 Å². The zero-order chi connectivity index (χ0) is 21.1. The van der Waals surface area contributed by atoms with Crippen molar-refractivity contribution in [2.24, 2.45) is 0 Å². The van der Waals surface area contributed by atoms with Crippen molar-refractivity contribution in [3.63, 3.8) is 0 Å². The highest BCUT2D eigenvalue weighted by molar-refractivity contribution is 5.97. The lowest BCUT2D eigenvalue weighted by Crippen LogP contribution is -2.27. The second-order valence-electron chi connectivity index (χ2n) is 7.88. The molecule has 1 atom stereocenters. The van der Waals surface area contributed by atoms with Crippen molar-refractivity contribution in [1.29, 1.82) is 0 Å². The van der Waals surface area contributed by atoms with E-state index in [0.29, 0.717) is 12.8 Å². The predicted molar refractivity (Wildman–Crippen MR) is 120 cm³/mol. The molecule has 1 aromatic heterocycles. The molecule has 0 spiro atoms. The van der Waals surface area contributed by atoms with Crippen LogP contribution in [0.1, 0.15) is 54.1 Å². The van der Waals surface area contributed by atoms with Gasteiger partial charge in [-0.1, -0.05) is 50.2 Å². The maximum atomic E-state index is 12.7. The molecule has 30 heavy (non-hydrogen) atoms. The van der Waals surface area contributed by atoms with Gasteiger partial charge in [-0.05, 0) is 52.8 Å². The molecular formula is C26H26N2O2. The Bertz CT molecular complexity index is 1060. The molecule has 0 saturated heterocycles. The number of ketones is 1. The summed E-state index contributed by atoms with van der Waals surface area (Å²) in [4.78, 5) is 30.8. The first-order valence-electron chi connectivity index (χ1n) is 10.5. The van der Waals surface area contributed by atoms with Crippen molar-refractivity contribution >= 4 is 17.4 Å². The third kappa shape index (κ3) is 4.04. The van der Waals surface area contributed by atoms with Crippen LogP contribution in [0.4, 0.5) is 5.69 Å². The van der Waals surface area contributed by atoms with E-state index in [1.165, 1.54) is 5.56 Å². The molecule has 4 nitrogen and oxygen atoms in total. The molecule has 1 aliphatic heterocycles. The molecule has 152 valence electrons. The summed E-state index contributed by atoms with van der Waals surface area (Å²) in [6, 6.07) is 18.0. The van der Waals surface area contributed by atoms with Crippen LogP contribution in [-0.4, -0.2) is 23.2 Å². The Morgan fingerprint density at radius 1 is 1.07 bits per heavy atom. The average Bonchev–Trinajstić information content (AvgIpc) is 3.22. The second kappa shape index (κ2) is 8.62. The normalized spacial score (nSPS) is 13.7. The highest BCUT2D eigenvalue weighted by Crippen LogP contribution is 2.33. The zero-order valence-corrected chi connectivity index (χ0v) is 17.5. The summed E-state index contributed by atoms with van der Waals surface area (Å²) >= 11 is 0. The number of carbonyl (C=O) groups excluding carboxylic acids is 2. The van der Waals surface area contributed by atoms with Crippen LogP contribution in [-0.2, 0) is 11.2 Å². The fourth-order valence-electron chi connectivity index (χ4n) is 4.06. The number of nitrogens with zero attached hydrogens (tertiary/aromatic N) is 2. The van der Waals surface area contributed by atoms with Crippen LogP contribution in [0, 0.1) is 0 Å². The monoisotopic (exact) mass is 398 g/mol. The number of Topliss-reactive ketones (excluding diaryl/α,β-unsaturated/α-hetero) is 1. The zero-order valence-electron chi connectivity index (χ0n) is 17.5. The molecule has 1 unspecified atom stereocenters. The first-order valence-corrected chi connectivity index (χ1v) is 10.5. The molecular weight excluding hydrogens is 372 g/mol. The number of hydrogen-bond donors (Lipinski definition) is 0. The number of pyridine rings is 1. The second-order valence-corrected chi connectivity index (χ2v) is 7.88. The van der Waals surface area contributed by atoms with Gasteiger partial charge < -0.3 is 4.90 Å². The molecule has 4 heteroatoms. The van der Waals surface area contributed by atoms with Crippen LogP contribution >= 0.6 is 0 Å². The molecule has 0 saturated carbocycles. The number of carbonyl (C=O) groups is 2. The summed E-state index contributed by atoms with van der Waals surface area (Å²) in [6.45, 7) is 4.71. The van der Waals surface area contributed by atoms with E-state index >= 15 is 0 Å². The summed E-state index contributed by atoms with van der Waals surface area (Å²) in [5.74, 6) is 0.446. The number of anilines is 1. The van der Waals surface area contributed by atoms with Crippen molar-refractivity contribution in [2.75, 3.05) is 11.4 Å². The lowest BCUT2D eigenvalue weighted by Gasteiger charge is -2.16. The van der Waals surface area contributed by atoms with Gasteiger partial charge in [0.15, 0.2) is 5.78 Å². The maximum absolute atomic E-state index is 12.7. The van der Waals surface area contributed by atoms with Gasteiger partial charge in [-0.15, -0.1) is 0 Å². The molecule has 0 aliphatic carbocycles. The first-order chi connectivity index (χ1) is 14.6. The van der Waals surface area contributed by atoms with Gasteiger partial charge in [0.05, 0.1) is 0 Å². The van der Waals surface area contributed by atoms with E-state index in [0.717, 1.165) is 40.9 Å². The van der Waals surface area contributed by atoms with Crippen LogP contribution in [0.5, 0.6) is 0 Å². The minimum absolute atomic E-state index is 0.136. The van der Waals surface area contributed by atoms with Gasteiger partial charge in [0.2, 0.25) is 5.91 Å². The highest BCUT2D eigenvalue weighted by Gasteiger charge is 2.23. The van der Waals surface area contributed by atoms with Gasteiger partial charge >= 0.3 is 0 Å². The van der Waals surface area contributed by atoms with E-state index in [1.807, 2.05) is 60.5 Å². The quantitative estimate of drug-likeness (QED) is 0.521. The smallest absolute Gasteiger partial charge is 0.226 e. The van der Waals surface area contributed by atoms with Crippen molar-refractivity contribution in [3.8, 4) is 11.1 Å². The Morgan fingerprint density at radius 2 is 1.83 bits per heavy atom. The van der Waals surface area contributed by atoms with E-state index in [-0.39, 0.29) is 17.6 Å². The summed E-state index contributed by atoms with van der Waals surface area (Å²) in [5.41, 5.74) is 6.24. The summed E-state index contributed by atoms with van der Waals surface area (Å²) in [5, 5.41) is 0. The third-order valence-corrected chi connectivity index (χ3v) is 5.86. The lowest BCUT2D eigenvalue weighted by molar-refractivity contribution is -0.118. The average molecular weight is 399 g/mol. The third-order valence-electron chi connectivity index (χ3n) is 5.86. The minimum Gasteiger partial charge on any atom is -0.312 e. The Morgan fingerprint density at radius 3 is 2.53 bits per heavy atom. The fourth-order valence-corrected chi connectivity index (χ4v) is 4.06. The van der Waals surface area contributed by atoms with Gasteiger partial charge in [-0.3, -0.25) is 14.6 Å². The number of benzene rings is 2. The van der Waals surface area contributed by atoms with Gasteiger partial charge in [-0.2, -0.15) is 0 Å². The molecule has 3 aromatic rings. The molecule has 2 heterocycles. The van der Waals surface area contributed by atoms with Gasteiger partial charge in [0, 0.05) is 43.0 Å². The van der Waals surface area contributed by atoms with Crippen molar-refractivity contribution in [2.45, 2.75) is 39.0 Å². The molecule has 1 amide bonds. The number of amides is 1. The maximum Gasteiger partial charge on any atom is 0.226 e. The molecule has 0 bridgehead atoms. The van der Waals surface area contributed by atoms with Crippen LogP contribution in [0.25, 0.3) is 11.1 Å². The number of fused-ring (bicyclic) bond motifs is 1.